The van der Waals surface area contributed by atoms with Crippen molar-refractivity contribution in [1.29, 1.82) is 0 Å². The van der Waals surface area contributed by atoms with Crippen LogP contribution in [-0.4, -0.2) is 45.4 Å². The first-order valence-electron chi connectivity index (χ1n) is 7.37. The highest BCUT2D eigenvalue weighted by molar-refractivity contribution is 14.0. The van der Waals surface area contributed by atoms with Crippen LogP contribution in [0.25, 0.3) is 0 Å². The maximum atomic E-state index is 13.8. The SMILES string of the molecule is CN=C(NCCCF)NC1CCN(c2c(F)cccc2F)C1.I. The van der Waals surface area contributed by atoms with Gasteiger partial charge in [0.2, 0.25) is 0 Å². The molecule has 0 aromatic heterocycles. The summed E-state index contributed by atoms with van der Waals surface area (Å²) < 4.78 is 39.7. The molecule has 1 aliphatic rings. The van der Waals surface area contributed by atoms with E-state index >= 15 is 0 Å². The normalized spacial score (nSPS) is 17.8. The van der Waals surface area contributed by atoms with Crippen LogP contribution in [0.4, 0.5) is 18.9 Å². The van der Waals surface area contributed by atoms with E-state index in [-0.39, 0.29) is 42.4 Å². The van der Waals surface area contributed by atoms with E-state index in [2.05, 4.69) is 15.6 Å². The lowest BCUT2D eigenvalue weighted by atomic mass is 10.2. The van der Waals surface area contributed by atoms with E-state index in [1.165, 1.54) is 18.2 Å². The van der Waals surface area contributed by atoms with Crippen LogP contribution in [0, 0.1) is 11.6 Å². The number of anilines is 1. The molecular formula is C15H22F3IN4. The van der Waals surface area contributed by atoms with Crippen LogP contribution in [-0.2, 0) is 0 Å². The molecule has 1 atom stereocenters. The molecule has 8 heteroatoms. The maximum Gasteiger partial charge on any atom is 0.191 e. The molecule has 1 fully saturated rings. The number of hydrogen-bond donors (Lipinski definition) is 2. The minimum absolute atomic E-state index is 0. The van der Waals surface area contributed by atoms with Gasteiger partial charge in [-0.05, 0) is 25.0 Å². The van der Waals surface area contributed by atoms with Gasteiger partial charge in [-0.1, -0.05) is 6.07 Å². The van der Waals surface area contributed by atoms with Gasteiger partial charge >= 0.3 is 0 Å². The highest BCUT2D eigenvalue weighted by Crippen LogP contribution is 2.26. The lowest BCUT2D eigenvalue weighted by Crippen LogP contribution is -2.45. The molecule has 1 aromatic carbocycles. The Morgan fingerprint density at radius 3 is 2.65 bits per heavy atom. The second-order valence-corrected chi connectivity index (χ2v) is 5.19. The second-order valence-electron chi connectivity index (χ2n) is 5.19. The van der Waals surface area contributed by atoms with Crippen LogP contribution in [0.3, 0.4) is 0 Å². The average molecular weight is 442 g/mol. The van der Waals surface area contributed by atoms with Crippen LogP contribution in [0.15, 0.2) is 23.2 Å². The smallest absolute Gasteiger partial charge is 0.191 e. The Morgan fingerprint density at radius 2 is 2.04 bits per heavy atom. The zero-order chi connectivity index (χ0) is 15.9. The molecule has 2 N–H and O–H groups in total. The Hall–Kier alpha value is -1.19. The van der Waals surface area contributed by atoms with E-state index in [4.69, 9.17) is 0 Å². The third kappa shape index (κ3) is 5.43. The minimum Gasteiger partial charge on any atom is -0.365 e. The van der Waals surface area contributed by atoms with E-state index in [1.54, 1.807) is 11.9 Å². The van der Waals surface area contributed by atoms with Gasteiger partial charge in [0.25, 0.3) is 0 Å². The standard InChI is InChI=1S/C15H21F3N4.HI/c1-19-15(20-8-3-7-16)21-11-6-9-22(10-11)14-12(17)4-2-5-13(14)18;/h2,4-5,11H,3,6-10H2,1H3,(H2,19,20,21);1H. The van der Waals surface area contributed by atoms with Gasteiger partial charge in [-0.3, -0.25) is 9.38 Å². The quantitative estimate of drug-likeness (QED) is 0.319. The summed E-state index contributed by atoms with van der Waals surface area (Å²) in [4.78, 5) is 5.75. The molecule has 4 nitrogen and oxygen atoms in total. The van der Waals surface area contributed by atoms with Gasteiger partial charge < -0.3 is 15.5 Å². The molecule has 0 radical (unpaired) electrons. The number of alkyl halides is 1. The number of halogens is 4. The van der Waals surface area contributed by atoms with Crippen LogP contribution < -0.4 is 15.5 Å². The van der Waals surface area contributed by atoms with E-state index in [1.807, 2.05) is 0 Å². The van der Waals surface area contributed by atoms with Crippen molar-refractivity contribution >= 4 is 35.6 Å². The first-order chi connectivity index (χ1) is 10.7. The highest BCUT2D eigenvalue weighted by atomic mass is 127. The van der Waals surface area contributed by atoms with Gasteiger partial charge in [0.1, 0.15) is 17.3 Å². The lowest BCUT2D eigenvalue weighted by Gasteiger charge is -2.21. The van der Waals surface area contributed by atoms with E-state index < -0.39 is 11.6 Å². The van der Waals surface area contributed by atoms with Gasteiger partial charge in [-0.15, -0.1) is 24.0 Å². The predicted molar refractivity (Wildman–Crippen MR) is 97.5 cm³/mol. The number of benzene rings is 1. The number of aliphatic imine (C=N–C) groups is 1. The number of guanidine groups is 1. The van der Waals surface area contributed by atoms with Crippen molar-refractivity contribution in [2.24, 2.45) is 4.99 Å². The first-order valence-corrected chi connectivity index (χ1v) is 7.37. The van der Waals surface area contributed by atoms with Crippen molar-refractivity contribution in [3.05, 3.63) is 29.8 Å². The molecule has 0 saturated carbocycles. The zero-order valence-electron chi connectivity index (χ0n) is 13.0. The summed E-state index contributed by atoms with van der Waals surface area (Å²) in [7, 11) is 1.63. The second kappa shape index (κ2) is 9.84. The summed E-state index contributed by atoms with van der Waals surface area (Å²) in [6.07, 6.45) is 1.16. The van der Waals surface area contributed by atoms with Crippen LogP contribution in [0.1, 0.15) is 12.8 Å². The summed E-state index contributed by atoms with van der Waals surface area (Å²) in [5.41, 5.74) is 0.0205. The van der Waals surface area contributed by atoms with Crippen molar-refractivity contribution < 1.29 is 13.2 Å². The fraction of sp³-hybridized carbons (Fsp3) is 0.533. The third-order valence-electron chi connectivity index (χ3n) is 3.61. The number of nitrogens with zero attached hydrogens (tertiary/aromatic N) is 2. The van der Waals surface area contributed by atoms with Gasteiger partial charge in [-0.2, -0.15) is 0 Å². The molecule has 1 aliphatic heterocycles. The molecule has 0 aliphatic carbocycles. The van der Waals surface area contributed by atoms with Gasteiger partial charge in [-0.25, -0.2) is 8.78 Å². The number of nitrogens with one attached hydrogen (secondary N) is 2. The van der Waals surface area contributed by atoms with Crippen molar-refractivity contribution in [2.75, 3.05) is 38.3 Å². The molecule has 1 heterocycles. The van der Waals surface area contributed by atoms with E-state index in [9.17, 15) is 13.2 Å². The van der Waals surface area contributed by atoms with E-state index in [0.717, 1.165) is 6.42 Å². The Kier molecular flexibility index (Phi) is 8.49. The summed E-state index contributed by atoms with van der Waals surface area (Å²) in [6, 6.07) is 3.92. The Labute approximate surface area is 151 Å². The maximum absolute atomic E-state index is 13.8. The molecule has 1 unspecified atom stereocenters. The van der Waals surface area contributed by atoms with E-state index in [0.29, 0.717) is 32.0 Å². The molecule has 0 bridgehead atoms. The monoisotopic (exact) mass is 442 g/mol. The number of para-hydroxylation sites is 1. The van der Waals surface area contributed by atoms with Gasteiger partial charge in [0, 0.05) is 32.7 Å². The molecule has 1 aromatic rings. The molecule has 0 spiro atoms. The summed E-state index contributed by atoms with van der Waals surface area (Å²) in [6.45, 7) is 1.17. The molecule has 2 rings (SSSR count). The summed E-state index contributed by atoms with van der Waals surface area (Å²) >= 11 is 0. The van der Waals surface area contributed by atoms with Crippen molar-refractivity contribution in [1.82, 2.24) is 10.6 Å². The zero-order valence-corrected chi connectivity index (χ0v) is 15.3. The Balaban J connectivity index is 0.00000264. The average Bonchev–Trinajstić information content (AvgIpc) is 2.94. The Bertz CT molecular complexity index is 507. The van der Waals surface area contributed by atoms with Gasteiger partial charge in [0.05, 0.1) is 6.67 Å². The molecule has 130 valence electrons. The molecule has 0 amide bonds. The summed E-state index contributed by atoms with van der Waals surface area (Å²) in [5, 5.41) is 6.20. The van der Waals surface area contributed by atoms with Crippen molar-refractivity contribution in [3.8, 4) is 0 Å². The summed E-state index contributed by atoms with van der Waals surface area (Å²) in [5.74, 6) is -0.522. The van der Waals surface area contributed by atoms with Crippen LogP contribution >= 0.6 is 24.0 Å². The van der Waals surface area contributed by atoms with Crippen LogP contribution in [0.5, 0.6) is 0 Å². The highest BCUT2D eigenvalue weighted by Gasteiger charge is 2.27. The van der Waals surface area contributed by atoms with Gasteiger partial charge in [0.15, 0.2) is 5.96 Å². The topological polar surface area (TPSA) is 39.7 Å². The predicted octanol–water partition coefficient (Wildman–Crippen LogP) is 2.69. The van der Waals surface area contributed by atoms with Crippen LogP contribution in [0.2, 0.25) is 0 Å². The largest absolute Gasteiger partial charge is 0.365 e. The lowest BCUT2D eigenvalue weighted by molar-refractivity contribution is 0.470. The number of rotatable bonds is 5. The Morgan fingerprint density at radius 1 is 1.35 bits per heavy atom. The third-order valence-corrected chi connectivity index (χ3v) is 3.61. The fourth-order valence-electron chi connectivity index (χ4n) is 2.53. The van der Waals surface area contributed by atoms with Crippen molar-refractivity contribution in [2.45, 2.75) is 18.9 Å². The molecular weight excluding hydrogens is 420 g/mol. The minimum atomic E-state index is -0.550. The molecule has 1 saturated heterocycles. The van der Waals surface area contributed by atoms with Crippen molar-refractivity contribution in [3.63, 3.8) is 0 Å². The number of hydrogen-bond acceptors (Lipinski definition) is 2. The fourth-order valence-corrected chi connectivity index (χ4v) is 2.53. The molecule has 23 heavy (non-hydrogen) atoms. The first kappa shape index (κ1) is 19.9.